The predicted octanol–water partition coefficient (Wildman–Crippen LogP) is 1.15. The highest BCUT2D eigenvalue weighted by Gasteiger charge is 2.32. The summed E-state index contributed by atoms with van der Waals surface area (Å²) in [6.07, 6.45) is 5.54. The molecular formula is C12H16N2O3S. The van der Waals surface area contributed by atoms with Crippen molar-refractivity contribution < 1.29 is 13.2 Å². The van der Waals surface area contributed by atoms with Crippen LogP contribution >= 0.6 is 0 Å². The van der Waals surface area contributed by atoms with Crippen molar-refractivity contribution in [3.8, 4) is 0 Å². The molecule has 0 saturated carbocycles. The first-order valence-corrected chi connectivity index (χ1v) is 8.19. The van der Waals surface area contributed by atoms with E-state index in [-0.39, 0.29) is 23.3 Å². The zero-order valence-corrected chi connectivity index (χ0v) is 10.9. The molecule has 0 bridgehead atoms. The van der Waals surface area contributed by atoms with Crippen LogP contribution in [0.5, 0.6) is 0 Å². The molecule has 1 atom stereocenters. The van der Waals surface area contributed by atoms with Crippen molar-refractivity contribution in [2.45, 2.75) is 38.1 Å². The lowest BCUT2D eigenvalue weighted by Gasteiger charge is -2.13. The van der Waals surface area contributed by atoms with Crippen molar-refractivity contribution in [3.63, 3.8) is 0 Å². The van der Waals surface area contributed by atoms with Gasteiger partial charge in [0.15, 0.2) is 15.6 Å². The molecule has 5 nitrogen and oxygen atoms in total. The van der Waals surface area contributed by atoms with Crippen molar-refractivity contribution in [1.82, 2.24) is 9.78 Å². The van der Waals surface area contributed by atoms with Gasteiger partial charge in [-0.15, -0.1) is 0 Å². The molecule has 0 aromatic carbocycles. The normalized spacial score (nSPS) is 26.9. The Balaban J connectivity index is 1.97. The Labute approximate surface area is 106 Å². The molecule has 98 valence electrons. The number of ketones is 1. The van der Waals surface area contributed by atoms with Gasteiger partial charge >= 0.3 is 0 Å². The highest BCUT2D eigenvalue weighted by Crippen LogP contribution is 2.28. The van der Waals surface area contributed by atoms with E-state index in [4.69, 9.17) is 0 Å². The van der Waals surface area contributed by atoms with Crippen molar-refractivity contribution in [3.05, 3.63) is 17.5 Å². The molecule has 1 aromatic rings. The third kappa shape index (κ3) is 1.98. The SMILES string of the molecule is O=C1CCCCc2c1cnn2C1CCS(=O)(=O)C1. The molecule has 2 aliphatic rings. The summed E-state index contributed by atoms with van der Waals surface area (Å²) >= 11 is 0. The molecule has 0 N–H and O–H groups in total. The van der Waals surface area contributed by atoms with Crippen LogP contribution in [0, 0.1) is 0 Å². The van der Waals surface area contributed by atoms with E-state index in [1.807, 2.05) is 0 Å². The minimum absolute atomic E-state index is 0.0790. The van der Waals surface area contributed by atoms with Crippen molar-refractivity contribution in [1.29, 1.82) is 0 Å². The Bertz CT molecular complexity index is 588. The Hall–Kier alpha value is -1.17. The smallest absolute Gasteiger partial charge is 0.166 e. The highest BCUT2D eigenvalue weighted by molar-refractivity contribution is 7.91. The maximum atomic E-state index is 11.9. The third-order valence-electron chi connectivity index (χ3n) is 3.82. The molecular weight excluding hydrogens is 252 g/mol. The van der Waals surface area contributed by atoms with Crippen molar-refractivity contribution in [2.75, 3.05) is 11.5 Å². The average molecular weight is 268 g/mol. The minimum atomic E-state index is -2.92. The molecule has 1 fully saturated rings. The molecule has 0 amide bonds. The van der Waals surface area contributed by atoms with Gasteiger partial charge in [0, 0.05) is 12.1 Å². The minimum Gasteiger partial charge on any atom is -0.294 e. The van der Waals surface area contributed by atoms with Crippen LogP contribution in [0.1, 0.15) is 47.8 Å². The number of rotatable bonds is 1. The quantitative estimate of drug-likeness (QED) is 0.716. The summed E-state index contributed by atoms with van der Waals surface area (Å²) in [5, 5.41) is 4.27. The Morgan fingerprint density at radius 1 is 1.28 bits per heavy atom. The number of nitrogens with zero attached hydrogens (tertiary/aromatic N) is 2. The van der Waals surface area contributed by atoms with Gasteiger partial charge < -0.3 is 0 Å². The second kappa shape index (κ2) is 4.19. The number of carbonyl (C=O) groups excluding carboxylic acids is 1. The standard InChI is InChI=1S/C12H16N2O3S/c15-12-4-2-1-3-11-10(12)7-13-14(11)9-5-6-18(16,17)8-9/h7,9H,1-6,8H2. The first kappa shape index (κ1) is 11.9. The summed E-state index contributed by atoms with van der Waals surface area (Å²) in [6.45, 7) is 0. The molecule has 1 aliphatic carbocycles. The van der Waals surface area contributed by atoms with E-state index in [1.165, 1.54) is 0 Å². The molecule has 0 radical (unpaired) electrons. The Kier molecular flexibility index (Phi) is 2.77. The zero-order chi connectivity index (χ0) is 12.8. The Morgan fingerprint density at radius 3 is 2.78 bits per heavy atom. The molecule has 6 heteroatoms. The monoisotopic (exact) mass is 268 g/mol. The Morgan fingerprint density at radius 2 is 2.06 bits per heavy atom. The van der Waals surface area contributed by atoms with Gasteiger partial charge in [-0.2, -0.15) is 5.10 Å². The number of sulfone groups is 1. The molecule has 1 saturated heterocycles. The number of hydrogen-bond donors (Lipinski definition) is 0. The van der Waals surface area contributed by atoms with E-state index < -0.39 is 9.84 Å². The summed E-state index contributed by atoms with van der Waals surface area (Å²) in [6, 6.07) is -0.0790. The summed E-state index contributed by atoms with van der Waals surface area (Å²) in [4.78, 5) is 11.9. The number of hydrogen-bond acceptors (Lipinski definition) is 4. The van der Waals surface area contributed by atoms with Gasteiger partial charge in [-0.05, 0) is 25.7 Å². The second-order valence-electron chi connectivity index (χ2n) is 5.14. The summed E-state index contributed by atoms with van der Waals surface area (Å²) in [5.74, 6) is 0.546. The van der Waals surface area contributed by atoms with Crippen molar-refractivity contribution >= 4 is 15.6 Å². The molecule has 2 heterocycles. The fraction of sp³-hybridized carbons (Fsp3) is 0.667. The summed E-state index contributed by atoms with van der Waals surface area (Å²) < 4.78 is 24.9. The predicted molar refractivity (Wildman–Crippen MR) is 66.4 cm³/mol. The van der Waals surface area contributed by atoms with Gasteiger partial charge in [-0.1, -0.05) is 0 Å². The summed E-state index contributed by atoms with van der Waals surface area (Å²) in [5.41, 5.74) is 1.65. The maximum Gasteiger partial charge on any atom is 0.166 e. The zero-order valence-electron chi connectivity index (χ0n) is 10.1. The molecule has 1 aliphatic heterocycles. The number of aromatic nitrogens is 2. The van der Waals surface area contributed by atoms with E-state index >= 15 is 0 Å². The van der Waals surface area contributed by atoms with Gasteiger partial charge in [0.1, 0.15) is 0 Å². The number of fused-ring (bicyclic) bond motifs is 1. The lowest BCUT2D eigenvalue weighted by atomic mass is 10.1. The largest absolute Gasteiger partial charge is 0.294 e. The summed E-state index contributed by atoms with van der Waals surface area (Å²) in [7, 11) is -2.92. The van der Waals surface area contributed by atoms with Gasteiger partial charge in [0.25, 0.3) is 0 Å². The van der Waals surface area contributed by atoms with Crippen LogP contribution < -0.4 is 0 Å². The molecule has 18 heavy (non-hydrogen) atoms. The molecule has 1 aromatic heterocycles. The van der Waals surface area contributed by atoms with E-state index in [1.54, 1.807) is 10.9 Å². The maximum absolute atomic E-state index is 11.9. The van der Waals surface area contributed by atoms with Gasteiger partial charge in [-0.3, -0.25) is 9.48 Å². The van der Waals surface area contributed by atoms with E-state index in [9.17, 15) is 13.2 Å². The second-order valence-corrected chi connectivity index (χ2v) is 7.37. The van der Waals surface area contributed by atoms with Crippen LogP contribution in [-0.2, 0) is 16.3 Å². The fourth-order valence-electron chi connectivity index (χ4n) is 2.87. The molecule has 3 rings (SSSR count). The first-order valence-electron chi connectivity index (χ1n) is 6.37. The van der Waals surface area contributed by atoms with Crippen LogP contribution in [0.15, 0.2) is 6.20 Å². The van der Waals surface area contributed by atoms with Gasteiger partial charge in [0.2, 0.25) is 0 Å². The van der Waals surface area contributed by atoms with Crippen molar-refractivity contribution in [2.24, 2.45) is 0 Å². The highest BCUT2D eigenvalue weighted by atomic mass is 32.2. The van der Waals surface area contributed by atoms with Crippen LogP contribution in [-0.4, -0.2) is 35.5 Å². The van der Waals surface area contributed by atoms with Crippen LogP contribution in [0.3, 0.4) is 0 Å². The average Bonchev–Trinajstić information content (AvgIpc) is 2.82. The van der Waals surface area contributed by atoms with Crippen LogP contribution in [0.25, 0.3) is 0 Å². The van der Waals surface area contributed by atoms with Crippen LogP contribution in [0.2, 0.25) is 0 Å². The van der Waals surface area contributed by atoms with Gasteiger partial charge in [0.05, 0.1) is 29.3 Å². The van der Waals surface area contributed by atoms with E-state index in [2.05, 4.69) is 5.10 Å². The molecule has 0 spiro atoms. The fourth-order valence-corrected chi connectivity index (χ4v) is 4.56. The van der Waals surface area contributed by atoms with Crippen LogP contribution in [0.4, 0.5) is 0 Å². The third-order valence-corrected chi connectivity index (χ3v) is 5.57. The first-order chi connectivity index (χ1) is 8.57. The molecule has 1 unspecified atom stereocenters. The van der Waals surface area contributed by atoms with Gasteiger partial charge in [-0.25, -0.2) is 8.42 Å². The number of Topliss-reactive ketones (excluding diaryl/α,β-unsaturated/α-hetero) is 1. The lowest BCUT2D eigenvalue weighted by Crippen LogP contribution is -2.15. The number of carbonyl (C=O) groups is 1. The lowest BCUT2D eigenvalue weighted by molar-refractivity contribution is 0.0982. The van der Waals surface area contributed by atoms with E-state index in [0.29, 0.717) is 18.4 Å². The van der Waals surface area contributed by atoms with E-state index in [0.717, 1.165) is 25.0 Å². The topological polar surface area (TPSA) is 69.0 Å².